The Labute approximate surface area is 105 Å². The van der Waals surface area contributed by atoms with Gasteiger partial charge in [0.25, 0.3) is 0 Å². The van der Waals surface area contributed by atoms with Crippen molar-refractivity contribution in [1.82, 2.24) is 9.71 Å². The van der Waals surface area contributed by atoms with Gasteiger partial charge in [0, 0.05) is 6.04 Å². The number of benzene rings is 1. The molecule has 0 saturated carbocycles. The molecule has 0 aliphatic carbocycles. The van der Waals surface area contributed by atoms with Crippen LogP contribution in [0.25, 0.3) is 10.2 Å². The van der Waals surface area contributed by atoms with Gasteiger partial charge in [0.2, 0.25) is 10.0 Å². The lowest BCUT2D eigenvalue weighted by molar-refractivity contribution is 0.569. The summed E-state index contributed by atoms with van der Waals surface area (Å²) in [5.74, 6) is -0.00134. The molecule has 0 radical (unpaired) electrons. The van der Waals surface area contributed by atoms with Crippen molar-refractivity contribution in [2.75, 3.05) is 0 Å². The molecule has 2 aromatic rings. The molecule has 0 unspecified atom stereocenters. The Bertz CT molecular complexity index is 617. The van der Waals surface area contributed by atoms with E-state index < -0.39 is 10.0 Å². The van der Waals surface area contributed by atoms with E-state index in [0.717, 1.165) is 15.8 Å². The lowest BCUT2D eigenvalue weighted by Gasteiger charge is -2.09. The van der Waals surface area contributed by atoms with Crippen LogP contribution in [0.15, 0.2) is 23.7 Å². The average Bonchev–Trinajstić information content (AvgIpc) is 2.61. The van der Waals surface area contributed by atoms with Crippen LogP contribution in [0.3, 0.4) is 0 Å². The molecule has 0 spiro atoms. The maximum atomic E-state index is 11.8. The van der Waals surface area contributed by atoms with Crippen LogP contribution in [0.2, 0.25) is 0 Å². The molecule has 1 N–H and O–H groups in total. The van der Waals surface area contributed by atoms with Crippen molar-refractivity contribution < 1.29 is 8.42 Å². The molecular weight excluding hydrogens is 256 g/mol. The second-order valence-electron chi connectivity index (χ2n) is 4.19. The van der Waals surface area contributed by atoms with E-state index in [4.69, 9.17) is 0 Å². The predicted molar refractivity (Wildman–Crippen MR) is 70.5 cm³/mol. The van der Waals surface area contributed by atoms with Crippen LogP contribution >= 0.6 is 11.3 Å². The molecule has 2 rings (SSSR count). The van der Waals surface area contributed by atoms with Gasteiger partial charge in [-0.05, 0) is 31.5 Å². The van der Waals surface area contributed by atoms with Gasteiger partial charge in [0.1, 0.15) is 0 Å². The SMILES string of the molecule is CC(C)NS(=O)(=O)Cc1ccc2scnc2c1. The van der Waals surface area contributed by atoms with Gasteiger partial charge in [0.15, 0.2) is 0 Å². The van der Waals surface area contributed by atoms with Crippen molar-refractivity contribution in [3.05, 3.63) is 29.3 Å². The molecule has 1 heterocycles. The highest BCUT2D eigenvalue weighted by atomic mass is 32.2. The van der Waals surface area contributed by atoms with Crippen molar-refractivity contribution in [1.29, 1.82) is 0 Å². The van der Waals surface area contributed by atoms with Gasteiger partial charge in [-0.2, -0.15) is 0 Å². The fourth-order valence-corrected chi connectivity index (χ4v) is 3.69. The van der Waals surface area contributed by atoms with E-state index in [-0.39, 0.29) is 11.8 Å². The number of nitrogens with zero attached hydrogens (tertiary/aromatic N) is 1. The number of aromatic nitrogens is 1. The number of nitrogens with one attached hydrogen (secondary N) is 1. The Kier molecular flexibility index (Phi) is 3.46. The minimum Gasteiger partial charge on any atom is -0.245 e. The molecule has 92 valence electrons. The first kappa shape index (κ1) is 12.5. The topological polar surface area (TPSA) is 59.1 Å². The number of sulfonamides is 1. The Morgan fingerprint density at radius 1 is 1.41 bits per heavy atom. The number of fused-ring (bicyclic) bond motifs is 1. The minimum absolute atomic E-state index is 0.00134. The zero-order valence-electron chi connectivity index (χ0n) is 9.67. The van der Waals surface area contributed by atoms with E-state index >= 15 is 0 Å². The van der Waals surface area contributed by atoms with E-state index in [1.807, 2.05) is 18.2 Å². The Hall–Kier alpha value is -0.980. The number of thiazole rings is 1. The minimum atomic E-state index is -3.26. The van der Waals surface area contributed by atoms with Crippen LogP contribution in [0, 0.1) is 0 Å². The van der Waals surface area contributed by atoms with E-state index in [9.17, 15) is 8.42 Å². The molecule has 0 atom stereocenters. The highest BCUT2D eigenvalue weighted by Gasteiger charge is 2.13. The van der Waals surface area contributed by atoms with Gasteiger partial charge in [-0.15, -0.1) is 11.3 Å². The summed E-state index contributed by atoms with van der Waals surface area (Å²) in [7, 11) is -3.26. The standard InChI is InChI=1S/C11H14N2O2S2/c1-8(2)13-17(14,15)6-9-3-4-11-10(5-9)12-7-16-11/h3-5,7-8,13H,6H2,1-2H3. The predicted octanol–water partition coefficient (Wildman–Crippen LogP) is 2.12. The fraction of sp³-hybridized carbons (Fsp3) is 0.364. The maximum Gasteiger partial charge on any atom is 0.216 e. The van der Waals surface area contributed by atoms with Crippen LogP contribution < -0.4 is 4.72 Å². The summed E-state index contributed by atoms with van der Waals surface area (Å²) in [5.41, 5.74) is 3.37. The van der Waals surface area contributed by atoms with E-state index in [0.29, 0.717) is 0 Å². The van der Waals surface area contributed by atoms with Crippen molar-refractivity contribution >= 4 is 31.6 Å². The third-order valence-corrected chi connectivity index (χ3v) is 4.52. The van der Waals surface area contributed by atoms with Gasteiger partial charge in [-0.1, -0.05) is 6.07 Å². The lowest BCUT2D eigenvalue weighted by atomic mass is 10.2. The third kappa shape index (κ3) is 3.24. The molecule has 0 aliphatic rings. The Morgan fingerprint density at radius 2 is 2.18 bits per heavy atom. The molecule has 0 aliphatic heterocycles. The summed E-state index contributed by atoms with van der Waals surface area (Å²) in [6, 6.07) is 5.49. The van der Waals surface area contributed by atoms with Gasteiger partial charge >= 0.3 is 0 Å². The number of rotatable bonds is 4. The van der Waals surface area contributed by atoms with Crippen LogP contribution in [0.4, 0.5) is 0 Å². The molecule has 0 fully saturated rings. The van der Waals surface area contributed by atoms with Crippen molar-refractivity contribution in [2.24, 2.45) is 0 Å². The molecular formula is C11H14N2O2S2. The zero-order valence-corrected chi connectivity index (χ0v) is 11.3. The van der Waals surface area contributed by atoms with Gasteiger partial charge in [0.05, 0.1) is 21.5 Å². The quantitative estimate of drug-likeness (QED) is 0.926. The average molecular weight is 270 g/mol. The Morgan fingerprint density at radius 3 is 2.88 bits per heavy atom. The summed E-state index contributed by atoms with van der Waals surface area (Å²) in [6.07, 6.45) is 0. The number of hydrogen-bond acceptors (Lipinski definition) is 4. The summed E-state index contributed by atoms with van der Waals surface area (Å²) in [6.45, 7) is 3.61. The Balaban J connectivity index is 2.23. The van der Waals surface area contributed by atoms with Gasteiger partial charge in [-0.25, -0.2) is 18.1 Å². The largest absolute Gasteiger partial charge is 0.245 e. The molecule has 1 aromatic heterocycles. The fourth-order valence-electron chi connectivity index (χ4n) is 1.61. The first-order valence-electron chi connectivity index (χ1n) is 5.28. The molecule has 1 aromatic carbocycles. The summed E-state index contributed by atoms with van der Waals surface area (Å²) >= 11 is 1.55. The molecule has 0 bridgehead atoms. The normalized spacial score (nSPS) is 12.4. The second-order valence-corrected chi connectivity index (χ2v) is 6.83. The van der Waals surface area contributed by atoms with Crippen molar-refractivity contribution in [2.45, 2.75) is 25.6 Å². The van der Waals surface area contributed by atoms with Gasteiger partial charge < -0.3 is 0 Å². The lowest BCUT2D eigenvalue weighted by Crippen LogP contribution is -2.31. The first-order valence-corrected chi connectivity index (χ1v) is 7.81. The third-order valence-electron chi connectivity index (χ3n) is 2.17. The van der Waals surface area contributed by atoms with Crippen molar-refractivity contribution in [3.8, 4) is 0 Å². The van der Waals surface area contributed by atoms with E-state index in [2.05, 4.69) is 9.71 Å². The summed E-state index contributed by atoms with van der Waals surface area (Å²) < 4.78 is 27.1. The molecule has 4 nitrogen and oxygen atoms in total. The highest BCUT2D eigenvalue weighted by molar-refractivity contribution is 7.88. The van der Waals surface area contributed by atoms with Crippen molar-refractivity contribution in [3.63, 3.8) is 0 Å². The monoisotopic (exact) mass is 270 g/mol. The van der Waals surface area contributed by atoms with Crippen LogP contribution in [-0.2, 0) is 15.8 Å². The summed E-state index contributed by atoms with van der Waals surface area (Å²) in [4.78, 5) is 4.17. The molecule has 17 heavy (non-hydrogen) atoms. The molecule has 6 heteroatoms. The van der Waals surface area contributed by atoms with E-state index in [1.54, 1.807) is 30.7 Å². The highest BCUT2D eigenvalue weighted by Crippen LogP contribution is 2.19. The van der Waals surface area contributed by atoms with E-state index in [1.165, 1.54) is 0 Å². The maximum absolute atomic E-state index is 11.8. The first-order chi connectivity index (χ1) is 7.96. The smallest absolute Gasteiger partial charge is 0.216 e. The zero-order chi connectivity index (χ0) is 12.5. The molecule has 0 amide bonds. The number of hydrogen-bond donors (Lipinski definition) is 1. The van der Waals surface area contributed by atoms with Crippen LogP contribution in [-0.4, -0.2) is 19.4 Å². The summed E-state index contributed by atoms with van der Waals surface area (Å²) in [5, 5.41) is 0. The van der Waals surface area contributed by atoms with Crippen LogP contribution in [0.1, 0.15) is 19.4 Å². The second kappa shape index (κ2) is 4.72. The van der Waals surface area contributed by atoms with Crippen LogP contribution in [0.5, 0.6) is 0 Å². The molecule has 0 saturated heterocycles. The van der Waals surface area contributed by atoms with Gasteiger partial charge in [-0.3, -0.25) is 0 Å².